The van der Waals surface area contributed by atoms with Crippen LogP contribution in [0.1, 0.15) is 15.9 Å². The van der Waals surface area contributed by atoms with Crippen LogP contribution in [-0.2, 0) is 4.74 Å². The Morgan fingerprint density at radius 1 is 0.778 bits per heavy atom. The molecule has 1 rings (SSSR count). The molecule has 7 N–H and O–H groups in total. The number of aliphatic hydroxyl groups is 6. The lowest BCUT2D eigenvalue weighted by atomic mass is 9.91. The minimum absolute atomic E-state index is 0.141. The summed E-state index contributed by atoms with van der Waals surface area (Å²) in [5.41, 5.74) is -0.909. The fourth-order valence-electron chi connectivity index (χ4n) is 1.75. The fraction of sp³-hybridized carbons (Fsp3) is 0.611. The van der Waals surface area contributed by atoms with Gasteiger partial charge < -0.3 is 40.5 Å². The summed E-state index contributed by atoms with van der Waals surface area (Å²) in [7, 11) is 0. The summed E-state index contributed by atoms with van der Waals surface area (Å²) in [6.45, 7) is -1.08. The number of hydrogen-bond donors (Lipinski definition) is 7. The van der Waals surface area contributed by atoms with E-state index in [-0.39, 0.29) is 13.2 Å². The van der Waals surface area contributed by atoms with E-state index in [1.165, 1.54) is 0 Å². The van der Waals surface area contributed by atoms with Gasteiger partial charge in [-0.15, -0.1) is 0 Å². The summed E-state index contributed by atoms with van der Waals surface area (Å²) in [6, 6.07) is 6.75. The van der Waals surface area contributed by atoms with Gasteiger partial charge >= 0.3 is 5.97 Å². The molecule has 156 valence electrons. The van der Waals surface area contributed by atoms with Crippen LogP contribution >= 0.6 is 0 Å². The zero-order chi connectivity index (χ0) is 20.9. The predicted molar refractivity (Wildman–Crippen MR) is 96.3 cm³/mol. The molecule has 9 nitrogen and oxygen atoms in total. The first-order valence-corrected chi connectivity index (χ1v) is 8.30. The summed E-state index contributed by atoms with van der Waals surface area (Å²) in [5, 5.41) is 62.7. The Morgan fingerprint density at radius 2 is 1.11 bits per heavy atom. The standard InChI is InChI=1S/C10H22O7.C8H8O2/c11-1-9(2-12,3-13)7-17-8-10(4-14,5-15)6-16;1-6-2-4-7(5-3-6)8(9)10/h11-16H,1-8H2;2-5H,1H3,(H,9,10). The topological polar surface area (TPSA) is 168 Å². The largest absolute Gasteiger partial charge is 0.478 e. The molecule has 0 aliphatic carbocycles. The van der Waals surface area contributed by atoms with Crippen molar-refractivity contribution in [1.82, 2.24) is 0 Å². The number of carbonyl (C=O) groups is 1. The maximum absolute atomic E-state index is 10.3. The quantitative estimate of drug-likeness (QED) is 0.241. The molecule has 0 heterocycles. The summed E-state index contributed by atoms with van der Waals surface area (Å²) in [4.78, 5) is 10.3. The molecule has 0 unspecified atom stereocenters. The van der Waals surface area contributed by atoms with E-state index in [2.05, 4.69) is 0 Å². The van der Waals surface area contributed by atoms with Gasteiger partial charge in [-0.3, -0.25) is 0 Å². The van der Waals surface area contributed by atoms with Crippen molar-refractivity contribution in [1.29, 1.82) is 0 Å². The molecule has 0 atom stereocenters. The minimum atomic E-state index is -1.16. The first-order chi connectivity index (χ1) is 12.8. The van der Waals surface area contributed by atoms with Crippen molar-refractivity contribution in [2.75, 3.05) is 52.9 Å². The van der Waals surface area contributed by atoms with Gasteiger partial charge in [-0.25, -0.2) is 4.79 Å². The molecule has 27 heavy (non-hydrogen) atoms. The molecule has 0 bridgehead atoms. The number of hydrogen-bond acceptors (Lipinski definition) is 8. The van der Waals surface area contributed by atoms with E-state index in [1.54, 1.807) is 24.3 Å². The van der Waals surface area contributed by atoms with Gasteiger partial charge in [-0.1, -0.05) is 17.7 Å². The van der Waals surface area contributed by atoms with Gasteiger partial charge in [-0.2, -0.15) is 0 Å². The monoisotopic (exact) mass is 390 g/mol. The Hall–Kier alpha value is -1.59. The highest BCUT2D eigenvalue weighted by Gasteiger charge is 2.32. The maximum atomic E-state index is 10.3. The van der Waals surface area contributed by atoms with Crippen LogP contribution in [0.2, 0.25) is 0 Å². The summed E-state index contributed by atoms with van der Waals surface area (Å²) in [5.74, 6) is -0.875. The van der Waals surface area contributed by atoms with E-state index >= 15 is 0 Å². The molecule has 0 aliphatic heterocycles. The van der Waals surface area contributed by atoms with Crippen LogP contribution in [0.5, 0.6) is 0 Å². The third-order valence-corrected chi connectivity index (χ3v) is 4.13. The van der Waals surface area contributed by atoms with E-state index in [9.17, 15) is 4.79 Å². The van der Waals surface area contributed by atoms with Crippen LogP contribution in [0.25, 0.3) is 0 Å². The second-order valence-corrected chi connectivity index (χ2v) is 6.61. The van der Waals surface area contributed by atoms with Gasteiger partial charge in [0.15, 0.2) is 0 Å². The third kappa shape index (κ3) is 8.31. The Morgan fingerprint density at radius 3 is 1.37 bits per heavy atom. The SMILES string of the molecule is Cc1ccc(C(=O)O)cc1.OCC(CO)(CO)COCC(CO)(CO)CO. The number of aliphatic hydroxyl groups excluding tert-OH is 6. The first-order valence-electron chi connectivity index (χ1n) is 8.30. The predicted octanol–water partition coefficient (Wildman–Crippen LogP) is -1.38. The van der Waals surface area contributed by atoms with Gasteiger partial charge in [0.2, 0.25) is 0 Å². The van der Waals surface area contributed by atoms with Gasteiger partial charge in [0.25, 0.3) is 0 Å². The Labute approximate surface area is 158 Å². The number of carboxylic acid groups (broad SMARTS) is 1. The molecule has 0 radical (unpaired) electrons. The zero-order valence-electron chi connectivity index (χ0n) is 15.4. The van der Waals surface area contributed by atoms with Crippen molar-refractivity contribution in [3.05, 3.63) is 35.4 Å². The molecular weight excluding hydrogens is 360 g/mol. The highest BCUT2D eigenvalue weighted by Crippen LogP contribution is 2.19. The molecule has 0 fully saturated rings. The fourth-order valence-corrected chi connectivity index (χ4v) is 1.75. The number of carboxylic acids is 1. The molecule has 0 saturated heterocycles. The smallest absolute Gasteiger partial charge is 0.335 e. The van der Waals surface area contributed by atoms with Crippen LogP contribution in [0.3, 0.4) is 0 Å². The van der Waals surface area contributed by atoms with Crippen LogP contribution in [0, 0.1) is 17.8 Å². The molecular formula is C18H30O9. The summed E-state index contributed by atoms with van der Waals surface area (Å²) in [6.07, 6.45) is 0. The van der Waals surface area contributed by atoms with E-state index < -0.39 is 56.4 Å². The molecule has 0 aromatic heterocycles. The average Bonchev–Trinajstić information content (AvgIpc) is 2.70. The highest BCUT2D eigenvalue weighted by molar-refractivity contribution is 5.87. The van der Waals surface area contributed by atoms with Crippen molar-refractivity contribution in [3.63, 3.8) is 0 Å². The second kappa shape index (κ2) is 12.7. The van der Waals surface area contributed by atoms with Gasteiger partial charge in [0.05, 0.1) is 69.2 Å². The molecule has 1 aromatic carbocycles. The van der Waals surface area contributed by atoms with E-state index in [4.69, 9.17) is 40.5 Å². The Balaban J connectivity index is 0.000000569. The molecule has 0 spiro atoms. The van der Waals surface area contributed by atoms with Crippen molar-refractivity contribution in [2.45, 2.75) is 6.92 Å². The number of benzene rings is 1. The number of aromatic carboxylic acids is 1. The molecule has 0 saturated carbocycles. The van der Waals surface area contributed by atoms with Crippen molar-refractivity contribution in [3.8, 4) is 0 Å². The van der Waals surface area contributed by atoms with E-state index in [1.807, 2.05) is 6.92 Å². The molecule has 1 aromatic rings. The number of rotatable bonds is 11. The first kappa shape index (κ1) is 25.4. The minimum Gasteiger partial charge on any atom is -0.478 e. The second-order valence-electron chi connectivity index (χ2n) is 6.61. The van der Waals surface area contributed by atoms with Crippen LogP contribution < -0.4 is 0 Å². The lowest BCUT2D eigenvalue weighted by Gasteiger charge is -2.31. The van der Waals surface area contributed by atoms with Gasteiger partial charge in [0.1, 0.15) is 0 Å². The van der Waals surface area contributed by atoms with Crippen molar-refractivity contribution < 1.29 is 45.3 Å². The normalized spacial score (nSPS) is 11.7. The summed E-state index contributed by atoms with van der Waals surface area (Å²) >= 11 is 0. The average molecular weight is 390 g/mol. The third-order valence-electron chi connectivity index (χ3n) is 4.13. The van der Waals surface area contributed by atoms with Crippen LogP contribution in [-0.4, -0.2) is 94.6 Å². The van der Waals surface area contributed by atoms with E-state index in [0.717, 1.165) is 5.56 Å². The Kier molecular flexibility index (Phi) is 12.0. The number of ether oxygens (including phenoxy) is 1. The maximum Gasteiger partial charge on any atom is 0.335 e. The molecule has 9 heteroatoms. The Bertz CT molecular complexity index is 486. The van der Waals surface area contributed by atoms with Crippen LogP contribution in [0.15, 0.2) is 24.3 Å². The van der Waals surface area contributed by atoms with Gasteiger partial charge in [-0.05, 0) is 19.1 Å². The summed E-state index contributed by atoms with van der Waals surface area (Å²) < 4.78 is 5.15. The van der Waals surface area contributed by atoms with Gasteiger partial charge in [0, 0.05) is 0 Å². The molecule has 0 amide bonds. The zero-order valence-corrected chi connectivity index (χ0v) is 15.4. The lowest BCUT2D eigenvalue weighted by Crippen LogP contribution is -2.43. The molecule has 0 aliphatic rings. The lowest BCUT2D eigenvalue weighted by molar-refractivity contribution is -0.103. The van der Waals surface area contributed by atoms with Crippen molar-refractivity contribution in [2.24, 2.45) is 10.8 Å². The van der Waals surface area contributed by atoms with Crippen molar-refractivity contribution >= 4 is 5.97 Å². The van der Waals surface area contributed by atoms with Crippen LogP contribution in [0.4, 0.5) is 0 Å². The highest BCUT2D eigenvalue weighted by atomic mass is 16.5. The number of aryl methyl sites for hydroxylation is 1. The van der Waals surface area contributed by atoms with E-state index in [0.29, 0.717) is 5.56 Å².